The first kappa shape index (κ1) is 16.8. The van der Waals surface area contributed by atoms with Gasteiger partial charge in [0.25, 0.3) is 0 Å². The standard InChI is InChI=1S/C12H17FN2O2.ClH/c1-9-3-4-10(13)7-11(9)15-12(16)8-14-5-6-17-2;/h3-4,7,14H,5-6,8H2,1-2H3,(H,15,16);1H. The van der Waals surface area contributed by atoms with E-state index in [4.69, 9.17) is 4.74 Å². The predicted octanol–water partition coefficient (Wildman–Crippen LogP) is 1.73. The molecular weight excluding hydrogens is 259 g/mol. The van der Waals surface area contributed by atoms with Gasteiger partial charge in [-0.05, 0) is 24.6 Å². The number of hydrogen-bond donors (Lipinski definition) is 2. The summed E-state index contributed by atoms with van der Waals surface area (Å²) in [7, 11) is 1.60. The van der Waals surface area contributed by atoms with Gasteiger partial charge in [0.2, 0.25) is 5.91 Å². The number of hydrogen-bond acceptors (Lipinski definition) is 3. The van der Waals surface area contributed by atoms with E-state index in [1.165, 1.54) is 12.1 Å². The molecule has 0 radical (unpaired) electrons. The maximum Gasteiger partial charge on any atom is 0.238 e. The molecule has 0 aliphatic rings. The van der Waals surface area contributed by atoms with Crippen LogP contribution in [0, 0.1) is 12.7 Å². The Morgan fingerprint density at radius 1 is 1.44 bits per heavy atom. The van der Waals surface area contributed by atoms with E-state index in [-0.39, 0.29) is 30.7 Å². The first-order valence-electron chi connectivity index (χ1n) is 5.39. The van der Waals surface area contributed by atoms with Crippen LogP contribution in [0.15, 0.2) is 18.2 Å². The summed E-state index contributed by atoms with van der Waals surface area (Å²) < 4.78 is 17.8. The van der Waals surface area contributed by atoms with Crippen LogP contribution in [0.4, 0.5) is 10.1 Å². The quantitative estimate of drug-likeness (QED) is 0.778. The van der Waals surface area contributed by atoms with Gasteiger partial charge in [-0.1, -0.05) is 6.07 Å². The lowest BCUT2D eigenvalue weighted by Crippen LogP contribution is -2.30. The Labute approximate surface area is 112 Å². The summed E-state index contributed by atoms with van der Waals surface area (Å²) in [5.74, 6) is -0.562. The molecule has 0 aliphatic heterocycles. The van der Waals surface area contributed by atoms with Crippen molar-refractivity contribution in [2.75, 3.05) is 32.1 Å². The number of nitrogens with one attached hydrogen (secondary N) is 2. The zero-order valence-electron chi connectivity index (χ0n) is 10.5. The van der Waals surface area contributed by atoms with Gasteiger partial charge in [-0.3, -0.25) is 4.79 Å². The van der Waals surface area contributed by atoms with E-state index in [0.29, 0.717) is 18.8 Å². The van der Waals surface area contributed by atoms with Gasteiger partial charge >= 0.3 is 0 Å². The Kier molecular flexibility index (Phi) is 8.28. The molecule has 0 fully saturated rings. The van der Waals surface area contributed by atoms with Gasteiger partial charge in [0.05, 0.1) is 13.2 Å². The molecule has 0 saturated carbocycles. The van der Waals surface area contributed by atoms with Crippen molar-refractivity contribution >= 4 is 24.0 Å². The summed E-state index contributed by atoms with van der Waals surface area (Å²) in [6.45, 7) is 3.14. The van der Waals surface area contributed by atoms with Crippen LogP contribution >= 0.6 is 12.4 Å². The third-order valence-corrected chi connectivity index (χ3v) is 2.24. The number of benzene rings is 1. The van der Waals surface area contributed by atoms with E-state index < -0.39 is 0 Å². The highest BCUT2D eigenvalue weighted by Crippen LogP contribution is 2.15. The molecule has 2 N–H and O–H groups in total. The maximum absolute atomic E-state index is 13.0. The predicted molar refractivity (Wildman–Crippen MR) is 71.8 cm³/mol. The molecule has 0 saturated heterocycles. The molecule has 6 heteroatoms. The number of aryl methyl sites for hydroxylation is 1. The van der Waals surface area contributed by atoms with Gasteiger partial charge in [0.15, 0.2) is 0 Å². The topological polar surface area (TPSA) is 50.4 Å². The third kappa shape index (κ3) is 5.95. The number of halogens is 2. The van der Waals surface area contributed by atoms with E-state index in [0.717, 1.165) is 5.56 Å². The molecule has 0 heterocycles. The van der Waals surface area contributed by atoms with Crippen LogP contribution in [0.25, 0.3) is 0 Å². The second-order valence-electron chi connectivity index (χ2n) is 3.68. The zero-order valence-corrected chi connectivity index (χ0v) is 11.3. The molecule has 0 aliphatic carbocycles. The van der Waals surface area contributed by atoms with Crippen molar-refractivity contribution < 1.29 is 13.9 Å². The Hall–Kier alpha value is -1.17. The lowest BCUT2D eigenvalue weighted by atomic mass is 10.2. The highest BCUT2D eigenvalue weighted by atomic mass is 35.5. The molecule has 0 bridgehead atoms. The van der Waals surface area contributed by atoms with Gasteiger partial charge in [0.1, 0.15) is 5.82 Å². The summed E-state index contributed by atoms with van der Waals surface area (Å²) in [4.78, 5) is 11.5. The van der Waals surface area contributed by atoms with Crippen LogP contribution < -0.4 is 10.6 Å². The van der Waals surface area contributed by atoms with Crippen LogP contribution in [0.2, 0.25) is 0 Å². The van der Waals surface area contributed by atoms with Crippen molar-refractivity contribution in [3.8, 4) is 0 Å². The van der Waals surface area contributed by atoms with Gasteiger partial charge in [-0.15, -0.1) is 12.4 Å². The largest absolute Gasteiger partial charge is 0.383 e. The molecule has 102 valence electrons. The Morgan fingerprint density at radius 2 is 2.17 bits per heavy atom. The van der Waals surface area contributed by atoms with E-state index in [1.807, 2.05) is 6.92 Å². The summed E-state index contributed by atoms with van der Waals surface area (Å²) >= 11 is 0. The molecule has 18 heavy (non-hydrogen) atoms. The molecule has 1 aromatic rings. The molecular formula is C12H18ClFN2O2. The fraction of sp³-hybridized carbons (Fsp3) is 0.417. The minimum Gasteiger partial charge on any atom is -0.383 e. The van der Waals surface area contributed by atoms with E-state index in [1.54, 1.807) is 13.2 Å². The van der Waals surface area contributed by atoms with Gasteiger partial charge in [-0.2, -0.15) is 0 Å². The lowest BCUT2D eigenvalue weighted by molar-refractivity contribution is -0.115. The first-order chi connectivity index (χ1) is 8.13. The minimum absolute atomic E-state index is 0. The minimum atomic E-state index is -0.363. The highest BCUT2D eigenvalue weighted by molar-refractivity contribution is 5.92. The van der Waals surface area contributed by atoms with Crippen LogP contribution in [0.3, 0.4) is 0 Å². The van der Waals surface area contributed by atoms with Crippen LogP contribution in [-0.2, 0) is 9.53 Å². The number of ether oxygens (including phenoxy) is 1. The molecule has 0 spiro atoms. The highest BCUT2D eigenvalue weighted by Gasteiger charge is 2.05. The van der Waals surface area contributed by atoms with Crippen LogP contribution in [-0.4, -0.2) is 32.7 Å². The second kappa shape index (κ2) is 8.85. The first-order valence-corrected chi connectivity index (χ1v) is 5.39. The number of rotatable bonds is 6. The van der Waals surface area contributed by atoms with Crippen molar-refractivity contribution in [1.29, 1.82) is 0 Å². The van der Waals surface area contributed by atoms with Crippen molar-refractivity contribution in [3.63, 3.8) is 0 Å². The Balaban J connectivity index is 0.00000289. The van der Waals surface area contributed by atoms with Gasteiger partial charge < -0.3 is 15.4 Å². The summed E-state index contributed by atoms with van der Waals surface area (Å²) in [5, 5.41) is 5.56. The van der Waals surface area contributed by atoms with Crippen LogP contribution in [0.1, 0.15) is 5.56 Å². The molecule has 0 aromatic heterocycles. The van der Waals surface area contributed by atoms with Gasteiger partial charge in [0, 0.05) is 19.3 Å². The van der Waals surface area contributed by atoms with E-state index >= 15 is 0 Å². The number of amides is 1. The average Bonchev–Trinajstić information content (AvgIpc) is 2.29. The fourth-order valence-corrected chi connectivity index (χ4v) is 1.30. The number of carbonyl (C=O) groups excluding carboxylic acids is 1. The Morgan fingerprint density at radius 3 is 2.83 bits per heavy atom. The average molecular weight is 277 g/mol. The maximum atomic E-state index is 13.0. The molecule has 0 unspecified atom stereocenters. The Bertz CT molecular complexity index is 388. The summed E-state index contributed by atoms with van der Waals surface area (Å²) in [6, 6.07) is 4.30. The molecule has 1 aromatic carbocycles. The van der Waals surface area contributed by atoms with E-state index in [2.05, 4.69) is 10.6 Å². The summed E-state index contributed by atoms with van der Waals surface area (Å²) in [6.07, 6.45) is 0. The summed E-state index contributed by atoms with van der Waals surface area (Å²) in [5.41, 5.74) is 1.33. The monoisotopic (exact) mass is 276 g/mol. The molecule has 4 nitrogen and oxygen atoms in total. The normalized spacial score (nSPS) is 9.72. The van der Waals surface area contributed by atoms with Crippen molar-refractivity contribution in [2.45, 2.75) is 6.92 Å². The molecule has 0 atom stereocenters. The second-order valence-corrected chi connectivity index (χ2v) is 3.68. The smallest absolute Gasteiger partial charge is 0.238 e. The fourth-order valence-electron chi connectivity index (χ4n) is 1.30. The number of anilines is 1. The molecule has 1 amide bonds. The number of methoxy groups -OCH3 is 1. The SMILES string of the molecule is COCCNCC(=O)Nc1cc(F)ccc1C.Cl. The van der Waals surface area contributed by atoms with Gasteiger partial charge in [-0.25, -0.2) is 4.39 Å². The number of carbonyl (C=O) groups is 1. The lowest BCUT2D eigenvalue weighted by Gasteiger charge is -2.09. The third-order valence-electron chi connectivity index (χ3n) is 2.24. The zero-order chi connectivity index (χ0) is 12.7. The van der Waals surface area contributed by atoms with Crippen molar-refractivity contribution in [1.82, 2.24) is 5.32 Å². The van der Waals surface area contributed by atoms with Crippen LogP contribution in [0.5, 0.6) is 0 Å². The van der Waals surface area contributed by atoms with E-state index in [9.17, 15) is 9.18 Å². The van der Waals surface area contributed by atoms with Crippen molar-refractivity contribution in [3.05, 3.63) is 29.6 Å². The van der Waals surface area contributed by atoms with Crippen molar-refractivity contribution in [2.24, 2.45) is 0 Å². The molecule has 1 rings (SSSR count).